The highest BCUT2D eigenvalue weighted by molar-refractivity contribution is 5.23. The van der Waals surface area contributed by atoms with Crippen molar-refractivity contribution in [2.45, 2.75) is 13.2 Å². The fourth-order valence-corrected chi connectivity index (χ4v) is 1.38. The van der Waals surface area contributed by atoms with Gasteiger partial charge in [0.1, 0.15) is 5.82 Å². The highest BCUT2D eigenvalue weighted by Crippen LogP contribution is 2.11. The Hall–Kier alpha value is -1.01. The lowest BCUT2D eigenvalue weighted by Crippen LogP contribution is -2.08. The van der Waals surface area contributed by atoms with E-state index in [4.69, 9.17) is 19.9 Å². The summed E-state index contributed by atoms with van der Waals surface area (Å²) in [7, 11) is 1.62. The van der Waals surface area contributed by atoms with Crippen LogP contribution in [0.5, 0.6) is 0 Å². The molecule has 4 nitrogen and oxygen atoms in total. The summed E-state index contributed by atoms with van der Waals surface area (Å²) >= 11 is 0. The molecule has 0 spiro atoms. The average molecular weight is 257 g/mol. The molecule has 0 bridgehead atoms. The van der Waals surface area contributed by atoms with Gasteiger partial charge in [-0.2, -0.15) is 0 Å². The first-order chi connectivity index (χ1) is 8.77. The molecule has 0 fully saturated rings. The molecule has 2 N–H and O–H groups in total. The molecule has 0 saturated carbocycles. The number of methoxy groups -OCH3 is 1. The lowest BCUT2D eigenvalue weighted by Gasteiger charge is -2.07. The van der Waals surface area contributed by atoms with E-state index in [1.807, 2.05) is 0 Å². The van der Waals surface area contributed by atoms with Crippen molar-refractivity contribution in [1.82, 2.24) is 0 Å². The summed E-state index contributed by atoms with van der Waals surface area (Å²) in [5, 5.41) is 0. The van der Waals surface area contributed by atoms with Crippen LogP contribution in [0.2, 0.25) is 0 Å². The quantitative estimate of drug-likeness (QED) is 0.681. The van der Waals surface area contributed by atoms with Crippen LogP contribution in [0, 0.1) is 5.82 Å². The molecule has 18 heavy (non-hydrogen) atoms. The van der Waals surface area contributed by atoms with E-state index < -0.39 is 0 Å². The molecule has 0 aliphatic heterocycles. The molecule has 1 aromatic rings. The Balaban J connectivity index is 2.19. The van der Waals surface area contributed by atoms with Crippen molar-refractivity contribution < 1.29 is 18.6 Å². The zero-order valence-corrected chi connectivity index (χ0v) is 10.7. The van der Waals surface area contributed by atoms with Gasteiger partial charge in [-0.05, 0) is 11.6 Å². The molecule has 0 unspecified atom stereocenters. The largest absolute Gasteiger partial charge is 0.382 e. The van der Waals surface area contributed by atoms with E-state index in [1.165, 1.54) is 6.07 Å². The zero-order chi connectivity index (χ0) is 13.2. The van der Waals surface area contributed by atoms with Crippen molar-refractivity contribution >= 4 is 0 Å². The minimum absolute atomic E-state index is 0.240. The van der Waals surface area contributed by atoms with Crippen molar-refractivity contribution in [3.05, 3.63) is 35.1 Å². The van der Waals surface area contributed by atoms with Crippen LogP contribution in [0.3, 0.4) is 0 Å². The van der Waals surface area contributed by atoms with E-state index in [1.54, 1.807) is 19.2 Å². The molecule has 0 heterocycles. The van der Waals surface area contributed by atoms with Crippen LogP contribution in [0.1, 0.15) is 11.1 Å². The first-order valence-electron chi connectivity index (χ1n) is 5.89. The normalized spacial score (nSPS) is 10.8. The van der Waals surface area contributed by atoms with Gasteiger partial charge in [0.05, 0.1) is 33.0 Å². The van der Waals surface area contributed by atoms with Gasteiger partial charge >= 0.3 is 0 Å². The van der Waals surface area contributed by atoms with Crippen LogP contribution >= 0.6 is 0 Å². The van der Waals surface area contributed by atoms with Gasteiger partial charge in [-0.1, -0.05) is 12.1 Å². The lowest BCUT2D eigenvalue weighted by atomic mass is 10.1. The third-order valence-electron chi connectivity index (χ3n) is 2.41. The summed E-state index contributed by atoms with van der Waals surface area (Å²) in [5.74, 6) is -0.279. The van der Waals surface area contributed by atoms with Crippen molar-refractivity contribution in [3.63, 3.8) is 0 Å². The second-order valence-electron chi connectivity index (χ2n) is 3.79. The fourth-order valence-electron chi connectivity index (χ4n) is 1.38. The predicted octanol–water partition coefficient (Wildman–Crippen LogP) is 1.46. The van der Waals surface area contributed by atoms with Crippen molar-refractivity contribution in [2.75, 3.05) is 33.5 Å². The topological polar surface area (TPSA) is 53.7 Å². The molecule has 0 amide bonds. The Labute approximate surface area is 107 Å². The SMILES string of the molecule is COCCOCCOCc1ccc(CN)cc1F. The minimum atomic E-state index is -0.279. The Morgan fingerprint density at radius 3 is 2.50 bits per heavy atom. The smallest absolute Gasteiger partial charge is 0.129 e. The molecule has 0 atom stereocenters. The van der Waals surface area contributed by atoms with E-state index in [9.17, 15) is 4.39 Å². The predicted molar refractivity (Wildman–Crippen MR) is 66.6 cm³/mol. The Morgan fingerprint density at radius 1 is 1.11 bits per heavy atom. The monoisotopic (exact) mass is 257 g/mol. The van der Waals surface area contributed by atoms with Gasteiger partial charge in [0.25, 0.3) is 0 Å². The van der Waals surface area contributed by atoms with Crippen LogP contribution in [0.25, 0.3) is 0 Å². The Morgan fingerprint density at radius 2 is 1.83 bits per heavy atom. The molecule has 1 aromatic carbocycles. The van der Waals surface area contributed by atoms with Crippen molar-refractivity contribution in [1.29, 1.82) is 0 Å². The van der Waals surface area contributed by atoms with Crippen molar-refractivity contribution in [3.8, 4) is 0 Å². The molecular formula is C13H20FNO3. The second-order valence-corrected chi connectivity index (χ2v) is 3.79. The van der Waals surface area contributed by atoms with Crippen LogP contribution < -0.4 is 5.73 Å². The number of rotatable bonds is 9. The molecule has 0 saturated heterocycles. The first kappa shape index (κ1) is 15.0. The summed E-state index contributed by atoms with van der Waals surface area (Å²) in [6.45, 7) is 2.60. The van der Waals surface area contributed by atoms with E-state index in [-0.39, 0.29) is 12.4 Å². The summed E-state index contributed by atoms with van der Waals surface area (Å²) in [6, 6.07) is 4.94. The van der Waals surface area contributed by atoms with E-state index in [0.29, 0.717) is 38.5 Å². The van der Waals surface area contributed by atoms with Gasteiger partial charge in [-0.25, -0.2) is 4.39 Å². The van der Waals surface area contributed by atoms with E-state index in [0.717, 1.165) is 5.56 Å². The standard InChI is InChI=1S/C13H20FNO3/c1-16-4-5-17-6-7-18-10-12-3-2-11(9-15)8-13(12)14/h2-3,8H,4-7,9-10,15H2,1H3. The number of hydrogen-bond donors (Lipinski definition) is 1. The minimum Gasteiger partial charge on any atom is -0.382 e. The maximum atomic E-state index is 13.5. The van der Waals surface area contributed by atoms with E-state index >= 15 is 0 Å². The lowest BCUT2D eigenvalue weighted by molar-refractivity contribution is 0.0194. The second kappa shape index (κ2) is 8.99. The number of halogens is 1. The highest BCUT2D eigenvalue weighted by atomic mass is 19.1. The fraction of sp³-hybridized carbons (Fsp3) is 0.538. The van der Waals surface area contributed by atoms with Crippen LogP contribution in [-0.2, 0) is 27.4 Å². The molecule has 0 aliphatic carbocycles. The third-order valence-corrected chi connectivity index (χ3v) is 2.41. The van der Waals surface area contributed by atoms with Crippen molar-refractivity contribution in [2.24, 2.45) is 5.73 Å². The van der Waals surface area contributed by atoms with Gasteiger partial charge < -0.3 is 19.9 Å². The van der Waals surface area contributed by atoms with Gasteiger partial charge in [-0.15, -0.1) is 0 Å². The molecule has 102 valence electrons. The number of benzene rings is 1. The van der Waals surface area contributed by atoms with Crippen LogP contribution in [-0.4, -0.2) is 33.5 Å². The van der Waals surface area contributed by atoms with E-state index in [2.05, 4.69) is 0 Å². The van der Waals surface area contributed by atoms with Gasteiger partial charge in [0.15, 0.2) is 0 Å². The van der Waals surface area contributed by atoms with Gasteiger partial charge in [-0.3, -0.25) is 0 Å². The molecule has 0 radical (unpaired) electrons. The Kier molecular flexibility index (Phi) is 7.52. The maximum absolute atomic E-state index is 13.5. The summed E-state index contributed by atoms with van der Waals surface area (Å²) in [5.41, 5.74) is 6.73. The van der Waals surface area contributed by atoms with Gasteiger partial charge in [0, 0.05) is 19.2 Å². The number of hydrogen-bond acceptors (Lipinski definition) is 4. The number of ether oxygens (including phenoxy) is 3. The average Bonchev–Trinajstić information content (AvgIpc) is 2.39. The Bertz CT molecular complexity index is 347. The molecule has 5 heteroatoms. The zero-order valence-electron chi connectivity index (χ0n) is 10.7. The molecule has 0 aliphatic rings. The molecule has 1 rings (SSSR count). The number of nitrogens with two attached hydrogens (primary N) is 1. The van der Waals surface area contributed by atoms with Crippen LogP contribution in [0.4, 0.5) is 4.39 Å². The van der Waals surface area contributed by atoms with Gasteiger partial charge in [0.2, 0.25) is 0 Å². The summed E-state index contributed by atoms with van der Waals surface area (Å²) in [4.78, 5) is 0. The summed E-state index contributed by atoms with van der Waals surface area (Å²) in [6.07, 6.45) is 0. The summed E-state index contributed by atoms with van der Waals surface area (Å²) < 4.78 is 28.9. The van der Waals surface area contributed by atoms with Crippen LogP contribution in [0.15, 0.2) is 18.2 Å². The molecular weight excluding hydrogens is 237 g/mol. The maximum Gasteiger partial charge on any atom is 0.129 e. The highest BCUT2D eigenvalue weighted by Gasteiger charge is 2.03. The first-order valence-corrected chi connectivity index (χ1v) is 5.89. The third kappa shape index (κ3) is 5.55. The molecule has 0 aromatic heterocycles.